The second kappa shape index (κ2) is 5.21. The Morgan fingerprint density at radius 3 is 3.00 bits per heavy atom. The van der Waals surface area contributed by atoms with Gasteiger partial charge in [0.15, 0.2) is 5.17 Å². The fourth-order valence-electron chi connectivity index (χ4n) is 2.04. The SMILES string of the molecule is CC1CSC(Nc2ccc3ncccc3c2)=NC1C. The maximum atomic E-state index is 4.69. The standard InChI is InChI=1S/C15H17N3S/c1-10-9-19-15(17-11(10)2)18-13-5-6-14-12(8-13)4-3-7-16-14/h3-8,10-11H,9H2,1-2H3,(H,17,18). The lowest BCUT2D eigenvalue weighted by Gasteiger charge is -2.23. The highest BCUT2D eigenvalue weighted by Crippen LogP contribution is 2.25. The zero-order chi connectivity index (χ0) is 13.2. The van der Waals surface area contributed by atoms with Gasteiger partial charge in [-0.3, -0.25) is 9.98 Å². The summed E-state index contributed by atoms with van der Waals surface area (Å²) in [6, 6.07) is 10.6. The van der Waals surface area contributed by atoms with Crippen molar-refractivity contribution < 1.29 is 0 Å². The minimum Gasteiger partial charge on any atom is -0.335 e. The number of rotatable bonds is 1. The van der Waals surface area contributed by atoms with Crippen molar-refractivity contribution in [2.45, 2.75) is 19.9 Å². The van der Waals surface area contributed by atoms with Gasteiger partial charge in [-0.05, 0) is 37.1 Å². The van der Waals surface area contributed by atoms with Crippen molar-refractivity contribution in [3.63, 3.8) is 0 Å². The van der Waals surface area contributed by atoms with Gasteiger partial charge in [0.25, 0.3) is 0 Å². The monoisotopic (exact) mass is 271 g/mol. The van der Waals surface area contributed by atoms with Crippen LogP contribution in [0.1, 0.15) is 13.8 Å². The van der Waals surface area contributed by atoms with E-state index in [1.165, 1.54) is 0 Å². The predicted octanol–water partition coefficient (Wildman–Crippen LogP) is 3.77. The summed E-state index contributed by atoms with van der Waals surface area (Å²) in [5, 5.41) is 5.58. The summed E-state index contributed by atoms with van der Waals surface area (Å²) in [7, 11) is 0. The lowest BCUT2D eigenvalue weighted by Crippen LogP contribution is -2.25. The Kier molecular flexibility index (Phi) is 3.42. The molecule has 19 heavy (non-hydrogen) atoms. The average molecular weight is 271 g/mol. The number of fused-ring (bicyclic) bond motifs is 1. The molecule has 2 unspecified atom stereocenters. The molecule has 0 radical (unpaired) electrons. The highest BCUT2D eigenvalue weighted by molar-refractivity contribution is 8.14. The molecule has 0 saturated heterocycles. The molecular formula is C15H17N3S. The first-order valence-corrected chi connectivity index (χ1v) is 7.53. The van der Waals surface area contributed by atoms with Crippen molar-refractivity contribution in [1.29, 1.82) is 0 Å². The van der Waals surface area contributed by atoms with Crippen LogP contribution in [0.3, 0.4) is 0 Å². The first-order chi connectivity index (χ1) is 9.22. The quantitative estimate of drug-likeness (QED) is 0.857. The molecule has 2 heterocycles. The van der Waals surface area contributed by atoms with E-state index in [1.807, 2.05) is 18.3 Å². The number of thioether (sulfide) groups is 1. The van der Waals surface area contributed by atoms with E-state index in [-0.39, 0.29) is 0 Å². The highest BCUT2D eigenvalue weighted by atomic mass is 32.2. The van der Waals surface area contributed by atoms with Crippen LogP contribution >= 0.6 is 11.8 Å². The molecule has 0 spiro atoms. The average Bonchev–Trinajstić information content (AvgIpc) is 2.43. The Morgan fingerprint density at radius 1 is 1.26 bits per heavy atom. The fourth-order valence-corrected chi connectivity index (χ4v) is 3.17. The van der Waals surface area contributed by atoms with E-state index >= 15 is 0 Å². The van der Waals surface area contributed by atoms with Gasteiger partial charge in [0.05, 0.1) is 11.6 Å². The second-order valence-electron chi connectivity index (χ2n) is 5.00. The lowest BCUT2D eigenvalue weighted by molar-refractivity contribution is 0.537. The molecule has 3 rings (SSSR count). The van der Waals surface area contributed by atoms with E-state index in [1.54, 1.807) is 11.8 Å². The van der Waals surface area contributed by atoms with Crippen molar-refractivity contribution in [1.82, 2.24) is 4.98 Å². The van der Waals surface area contributed by atoms with Crippen molar-refractivity contribution >= 4 is 33.5 Å². The molecule has 1 aliphatic rings. The largest absolute Gasteiger partial charge is 0.335 e. The molecule has 3 nitrogen and oxygen atoms in total. The molecule has 98 valence electrons. The number of amidine groups is 1. The Hall–Kier alpha value is -1.55. The van der Waals surface area contributed by atoms with Crippen LogP contribution in [0.4, 0.5) is 5.69 Å². The summed E-state index contributed by atoms with van der Waals surface area (Å²) in [5.41, 5.74) is 2.10. The number of hydrogen-bond acceptors (Lipinski definition) is 4. The molecule has 1 aromatic heterocycles. The number of aliphatic imine (C=N–C) groups is 1. The molecule has 0 fully saturated rings. The van der Waals surface area contributed by atoms with E-state index in [9.17, 15) is 0 Å². The van der Waals surface area contributed by atoms with E-state index in [4.69, 9.17) is 4.99 Å². The number of anilines is 1. The smallest absolute Gasteiger partial charge is 0.161 e. The molecular weight excluding hydrogens is 254 g/mol. The van der Waals surface area contributed by atoms with Crippen LogP contribution in [-0.4, -0.2) is 21.9 Å². The van der Waals surface area contributed by atoms with Gasteiger partial charge < -0.3 is 5.32 Å². The molecule has 2 atom stereocenters. The number of nitrogens with one attached hydrogen (secondary N) is 1. The summed E-state index contributed by atoms with van der Waals surface area (Å²) in [6.07, 6.45) is 1.82. The Bertz CT molecular complexity index is 624. The van der Waals surface area contributed by atoms with Gasteiger partial charge in [-0.25, -0.2) is 0 Å². The first kappa shape index (κ1) is 12.5. The third-order valence-corrected chi connectivity index (χ3v) is 4.65. The van der Waals surface area contributed by atoms with Crippen LogP contribution in [-0.2, 0) is 0 Å². The van der Waals surface area contributed by atoms with Crippen LogP contribution in [0.5, 0.6) is 0 Å². The zero-order valence-electron chi connectivity index (χ0n) is 11.1. The van der Waals surface area contributed by atoms with Crippen LogP contribution in [0.15, 0.2) is 41.5 Å². The highest BCUT2D eigenvalue weighted by Gasteiger charge is 2.19. The minimum absolute atomic E-state index is 0.394. The number of benzene rings is 1. The maximum Gasteiger partial charge on any atom is 0.161 e. The van der Waals surface area contributed by atoms with Gasteiger partial charge >= 0.3 is 0 Å². The normalized spacial score (nSPS) is 23.2. The molecule has 1 aromatic carbocycles. The lowest BCUT2D eigenvalue weighted by atomic mass is 10.1. The molecule has 0 saturated carbocycles. The van der Waals surface area contributed by atoms with Crippen molar-refractivity contribution in [2.24, 2.45) is 10.9 Å². The number of nitrogens with zero attached hydrogens (tertiary/aromatic N) is 2. The number of pyridine rings is 1. The Labute approximate surface area is 117 Å². The predicted molar refractivity (Wildman–Crippen MR) is 83.9 cm³/mol. The van der Waals surface area contributed by atoms with Crippen LogP contribution in [0, 0.1) is 5.92 Å². The van der Waals surface area contributed by atoms with Gasteiger partial charge in [0.2, 0.25) is 0 Å². The summed E-state index contributed by atoms with van der Waals surface area (Å²) in [5.74, 6) is 1.78. The molecule has 4 heteroatoms. The summed E-state index contributed by atoms with van der Waals surface area (Å²) in [4.78, 5) is 9.02. The van der Waals surface area contributed by atoms with E-state index in [0.717, 1.165) is 27.5 Å². The number of hydrogen-bond donors (Lipinski definition) is 1. The molecule has 2 aromatic rings. The third-order valence-electron chi connectivity index (χ3n) is 3.48. The molecule has 1 aliphatic heterocycles. The maximum absolute atomic E-state index is 4.69. The second-order valence-corrected chi connectivity index (χ2v) is 6.01. The van der Waals surface area contributed by atoms with Crippen molar-refractivity contribution in [2.75, 3.05) is 11.1 Å². The fraction of sp³-hybridized carbons (Fsp3) is 0.333. The summed E-state index contributed by atoms with van der Waals surface area (Å²) in [6.45, 7) is 4.43. The molecule has 0 aliphatic carbocycles. The molecule has 0 amide bonds. The zero-order valence-corrected chi connectivity index (χ0v) is 11.9. The third kappa shape index (κ3) is 2.73. The minimum atomic E-state index is 0.394. The topological polar surface area (TPSA) is 37.3 Å². The van der Waals surface area contributed by atoms with Gasteiger partial charge in [-0.1, -0.05) is 24.8 Å². The summed E-state index contributed by atoms with van der Waals surface area (Å²) < 4.78 is 0. The van der Waals surface area contributed by atoms with E-state index in [0.29, 0.717) is 12.0 Å². The first-order valence-electron chi connectivity index (χ1n) is 6.55. The van der Waals surface area contributed by atoms with Crippen LogP contribution < -0.4 is 5.32 Å². The van der Waals surface area contributed by atoms with Gasteiger partial charge in [0, 0.05) is 23.0 Å². The number of aromatic nitrogens is 1. The Balaban J connectivity index is 1.84. The van der Waals surface area contributed by atoms with E-state index < -0.39 is 0 Å². The van der Waals surface area contributed by atoms with Crippen molar-refractivity contribution in [3.8, 4) is 0 Å². The van der Waals surface area contributed by atoms with Gasteiger partial charge in [-0.2, -0.15) is 0 Å². The van der Waals surface area contributed by atoms with Crippen molar-refractivity contribution in [3.05, 3.63) is 36.5 Å². The Morgan fingerprint density at radius 2 is 2.16 bits per heavy atom. The van der Waals surface area contributed by atoms with Crippen LogP contribution in [0.2, 0.25) is 0 Å². The molecule has 1 N–H and O–H groups in total. The van der Waals surface area contributed by atoms with E-state index in [2.05, 4.69) is 42.3 Å². The van der Waals surface area contributed by atoms with Gasteiger partial charge in [0.1, 0.15) is 0 Å². The van der Waals surface area contributed by atoms with Crippen LogP contribution in [0.25, 0.3) is 10.9 Å². The molecule has 0 bridgehead atoms. The van der Waals surface area contributed by atoms with Gasteiger partial charge in [-0.15, -0.1) is 0 Å². The summed E-state index contributed by atoms with van der Waals surface area (Å²) >= 11 is 1.80.